The Bertz CT molecular complexity index is 662. The Morgan fingerprint density at radius 3 is 2.87 bits per heavy atom. The van der Waals surface area contributed by atoms with Crippen molar-refractivity contribution in [3.63, 3.8) is 0 Å². The average Bonchev–Trinajstić information content (AvgIpc) is 3.29. The van der Waals surface area contributed by atoms with Crippen molar-refractivity contribution in [3.8, 4) is 0 Å². The Balaban J connectivity index is 1.44. The summed E-state index contributed by atoms with van der Waals surface area (Å²) in [5.74, 6) is 0.971. The van der Waals surface area contributed by atoms with E-state index in [1.54, 1.807) is 0 Å². The molecule has 0 aromatic carbocycles. The van der Waals surface area contributed by atoms with Crippen LogP contribution in [0.2, 0.25) is 0 Å². The molecule has 168 valence electrons. The van der Waals surface area contributed by atoms with Crippen LogP contribution in [0.1, 0.15) is 45.4 Å². The zero-order valence-corrected chi connectivity index (χ0v) is 18.0. The minimum Gasteiger partial charge on any atom is -0.378 e. The number of rotatable bonds is 7. The van der Waals surface area contributed by atoms with Gasteiger partial charge >= 0.3 is 0 Å². The predicted octanol–water partition coefficient (Wildman–Crippen LogP) is 1.19. The molecule has 3 heterocycles. The number of hydrogen-bond acceptors (Lipinski definition) is 7. The summed E-state index contributed by atoms with van der Waals surface area (Å²) in [4.78, 5) is 6.56. The molecule has 1 saturated heterocycles. The van der Waals surface area contributed by atoms with Crippen LogP contribution in [-0.4, -0.2) is 73.2 Å². The van der Waals surface area contributed by atoms with Crippen LogP contribution < -0.4 is 21.3 Å². The maximum Gasteiger partial charge on any atom is 0.113 e. The number of hydrogen-bond donors (Lipinski definition) is 5. The van der Waals surface area contributed by atoms with E-state index < -0.39 is 12.4 Å². The van der Waals surface area contributed by atoms with Crippen molar-refractivity contribution in [1.82, 2.24) is 26.2 Å². The van der Waals surface area contributed by atoms with E-state index in [1.165, 1.54) is 5.57 Å². The fourth-order valence-corrected chi connectivity index (χ4v) is 4.91. The third kappa shape index (κ3) is 5.60. The first kappa shape index (κ1) is 21.7. The smallest absolute Gasteiger partial charge is 0.113 e. The van der Waals surface area contributed by atoms with Gasteiger partial charge in [-0.1, -0.05) is 11.6 Å². The van der Waals surface area contributed by atoms with Gasteiger partial charge < -0.3 is 15.7 Å². The number of allylic oxidation sites excluding steroid dienone is 1. The van der Waals surface area contributed by atoms with Crippen molar-refractivity contribution in [2.45, 2.75) is 76.2 Å². The molecule has 7 nitrogen and oxygen atoms in total. The lowest BCUT2D eigenvalue weighted by atomic mass is 9.93. The standard InChI is InChI=1S/C22H37FN6O/c1-15(16-4-6-18(23)7-5-16)26-19-12-17(22(30)29-10-2-3-11-29)13-20(27-19)28-21-14-24-8-9-25-21/h4,12,14-15,17-18,20-22,25-28,30H,2-3,5-11,13H2,1H3/t15-,17?,18+,20?,21?,22?/m0/s1. The van der Waals surface area contributed by atoms with Crippen molar-refractivity contribution < 1.29 is 9.50 Å². The molecule has 1 fully saturated rings. The van der Waals surface area contributed by atoms with Crippen molar-refractivity contribution >= 4 is 6.21 Å². The van der Waals surface area contributed by atoms with Gasteiger partial charge in [0.05, 0.1) is 24.7 Å². The highest BCUT2D eigenvalue weighted by Gasteiger charge is 2.33. The number of nitrogens with one attached hydrogen (secondary N) is 4. The molecule has 0 aromatic heterocycles. The Morgan fingerprint density at radius 1 is 1.33 bits per heavy atom. The maximum atomic E-state index is 13.5. The molecule has 8 heteroatoms. The van der Waals surface area contributed by atoms with Crippen LogP contribution in [0.15, 0.2) is 28.5 Å². The number of aliphatic hydroxyl groups is 1. The molecular formula is C22H37FN6O. The van der Waals surface area contributed by atoms with Gasteiger partial charge in [-0.25, -0.2) is 4.39 Å². The summed E-state index contributed by atoms with van der Waals surface area (Å²) in [6.45, 7) is 5.73. The highest BCUT2D eigenvalue weighted by atomic mass is 19.1. The minimum atomic E-state index is -0.703. The van der Waals surface area contributed by atoms with E-state index >= 15 is 0 Å². The van der Waals surface area contributed by atoms with Crippen molar-refractivity contribution in [3.05, 3.63) is 23.5 Å². The highest BCUT2D eigenvalue weighted by molar-refractivity contribution is 5.64. The summed E-state index contributed by atoms with van der Waals surface area (Å²) >= 11 is 0. The Hall–Kier alpha value is -1.48. The van der Waals surface area contributed by atoms with Crippen LogP contribution in [-0.2, 0) is 0 Å². The van der Waals surface area contributed by atoms with Crippen molar-refractivity contribution in [2.24, 2.45) is 10.9 Å². The van der Waals surface area contributed by atoms with Crippen LogP contribution in [0.3, 0.4) is 0 Å². The predicted molar refractivity (Wildman–Crippen MR) is 118 cm³/mol. The lowest BCUT2D eigenvalue weighted by Gasteiger charge is -2.38. The van der Waals surface area contributed by atoms with E-state index in [0.717, 1.165) is 57.7 Å². The number of halogens is 1. The average molecular weight is 421 g/mol. The number of aliphatic imine (C=N–C) groups is 1. The molecule has 0 radical (unpaired) electrons. The summed E-state index contributed by atoms with van der Waals surface area (Å²) in [7, 11) is 0. The number of likely N-dealkylation sites (tertiary alicyclic amines) is 1. The number of aliphatic hydroxyl groups excluding tert-OH is 1. The zero-order chi connectivity index (χ0) is 20.9. The van der Waals surface area contributed by atoms with E-state index in [1.807, 2.05) is 12.3 Å². The Labute approximate surface area is 179 Å². The quantitative estimate of drug-likeness (QED) is 0.398. The van der Waals surface area contributed by atoms with E-state index in [0.29, 0.717) is 12.8 Å². The molecule has 6 atom stereocenters. The molecule has 0 bridgehead atoms. The second-order valence-electron chi connectivity index (χ2n) is 9.00. The van der Waals surface area contributed by atoms with Crippen LogP contribution in [0, 0.1) is 5.92 Å². The summed E-state index contributed by atoms with van der Waals surface area (Å²) in [6, 6.07) is 0.133. The van der Waals surface area contributed by atoms with Gasteiger partial charge in [0, 0.05) is 37.8 Å². The summed E-state index contributed by atoms with van der Waals surface area (Å²) in [5.41, 5.74) is 1.26. The molecule has 4 unspecified atom stereocenters. The van der Waals surface area contributed by atoms with E-state index in [4.69, 9.17) is 0 Å². The van der Waals surface area contributed by atoms with Gasteiger partial charge in [0.1, 0.15) is 12.4 Å². The van der Waals surface area contributed by atoms with Gasteiger partial charge in [0.15, 0.2) is 0 Å². The van der Waals surface area contributed by atoms with Crippen LogP contribution in [0.25, 0.3) is 0 Å². The molecule has 4 aliphatic rings. The van der Waals surface area contributed by atoms with E-state index in [2.05, 4.69) is 44.2 Å². The third-order valence-corrected chi connectivity index (χ3v) is 6.67. The van der Waals surface area contributed by atoms with Crippen molar-refractivity contribution in [1.29, 1.82) is 0 Å². The molecule has 0 saturated carbocycles. The molecule has 30 heavy (non-hydrogen) atoms. The Kier molecular flexibility index (Phi) is 7.41. The van der Waals surface area contributed by atoms with Crippen molar-refractivity contribution in [2.75, 3.05) is 26.2 Å². The topological polar surface area (TPSA) is 84.0 Å². The van der Waals surface area contributed by atoms with Crippen LogP contribution in [0.4, 0.5) is 4.39 Å². The SMILES string of the molecule is C[C@H](NC1=CC(C(O)N2CCCC2)CC(NC2C=NCCN2)N1)C1=CC[C@@H](F)CC1. The van der Waals surface area contributed by atoms with Gasteiger partial charge in [0.2, 0.25) is 0 Å². The van der Waals surface area contributed by atoms with E-state index in [9.17, 15) is 9.50 Å². The normalized spacial score (nSPS) is 34.6. The summed E-state index contributed by atoms with van der Waals surface area (Å²) < 4.78 is 13.5. The van der Waals surface area contributed by atoms with Gasteiger partial charge in [-0.05, 0) is 51.5 Å². The van der Waals surface area contributed by atoms with E-state index in [-0.39, 0.29) is 24.3 Å². The summed E-state index contributed by atoms with van der Waals surface area (Å²) in [6.07, 6.45) is 10.0. The highest BCUT2D eigenvalue weighted by Crippen LogP contribution is 2.26. The first-order chi connectivity index (χ1) is 14.6. The first-order valence-electron chi connectivity index (χ1n) is 11.6. The second-order valence-corrected chi connectivity index (χ2v) is 9.00. The molecule has 0 aromatic rings. The molecule has 4 rings (SSSR count). The van der Waals surface area contributed by atoms with Gasteiger partial charge in [0.25, 0.3) is 0 Å². The Morgan fingerprint density at radius 2 is 2.17 bits per heavy atom. The molecule has 0 amide bonds. The largest absolute Gasteiger partial charge is 0.378 e. The number of nitrogens with zero attached hydrogens (tertiary/aromatic N) is 2. The number of alkyl halides is 1. The fraction of sp³-hybridized carbons (Fsp3) is 0.773. The molecule has 3 aliphatic heterocycles. The monoisotopic (exact) mass is 420 g/mol. The lowest BCUT2D eigenvalue weighted by molar-refractivity contribution is -0.0204. The van der Waals surface area contributed by atoms with Gasteiger partial charge in [-0.2, -0.15) is 0 Å². The molecular weight excluding hydrogens is 383 g/mol. The third-order valence-electron chi connectivity index (χ3n) is 6.67. The maximum absolute atomic E-state index is 13.5. The lowest BCUT2D eigenvalue weighted by Crippen LogP contribution is -2.59. The molecule has 0 spiro atoms. The fourth-order valence-electron chi connectivity index (χ4n) is 4.91. The van der Waals surface area contributed by atoms with Gasteiger partial charge in [-0.3, -0.25) is 20.5 Å². The minimum absolute atomic E-state index is 0.0181. The van der Waals surface area contributed by atoms with Gasteiger partial charge in [-0.15, -0.1) is 0 Å². The van der Waals surface area contributed by atoms with Crippen LogP contribution >= 0.6 is 0 Å². The second kappa shape index (κ2) is 10.2. The molecule has 1 aliphatic carbocycles. The zero-order valence-electron chi connectivity index (χ0n) is 18.0. The molecule has 5 N–H and O–H groups in total. The first-order valence-corrected chi connectivity index (χ1v) is 11.6. The van der Waals surface area contributed by atoms with Crippen LogP contribution in [0.5, 0.6) is 0 Å². The summed E-state index contributed by atoms with van der Waals surface area (Å²) in [5, 5.41) is 25.2.